The van der Waals surface area contributed by atoms with Crippen molar-refractivity contribution >= 4 is 11.8 Å². The highest BCUT2D eigenvalue weighted by atomic mass is 16.5. The number of likely N-dealkylation sites (N-methyl/N-ethyl adjacent to an activating group) is 1. The van der Waals surface area contributed by atoms with Crippen molar-refractivity contribution in [3.63, 3.8) is 0 Å². The van der Waals surface area contributed by atoms with Crippen LogP contribution >= 0.6 is 0 Å². The van der Waals surface area contributed by atoms with Crippen molar-refractivity contribution in [3.05, 3.63) is 101 Å². The maximum atomic E-state index is 13.5. The lowest BCUT2D eigenvalue weighted by Crippen LogP contribution is -2.41. The fourth-order valence-corrected chi connectivity index (χ4v) is 4.40. The number of rotatable bonds is 7. The van der Waals surface area contributed by atoms with E-state index in [9.17, 15) is 9.59 Å². The maximum absolute atomic E-state index is 13.5. The third-order valence-corrected chi connectivity index (χ3v) is 6.04. The summed E-state index contributed by atoms with van der Waals surface area (Å²) in [5, 5.41) is 2.84. The molecule has 1 aliphatic heterocycles. The number of nitrogens with zero attached hydrogens (tertiary/aromatic N) is 1. The second-order valence-electron chi connectivity index (χ2n) is 8.20. The predicted molar refractivity (Wildman–Crippen MR) is 129 cm³/mol. The molecule has 1 N–H and O–H groups in total. The van der Waals surface area contributed by atoms with Crippen molar-refractivity contribution in [2.75, 3.05) is 13.1 Å². The summed E-state index contributed by atoms with van der Waals surface area (Å²) in [6.45, 7) is 5.03. The van der Waals surface area contributed by atoms with Gasteiger partial charge in [-0.3, -0.25) is 9.59 Å². The number of carbonyl (C=O) groups is 2. The summed E-state index contributed by atoms with van der Waals surface area (Å²) in [5.41, 5.74) is 3.96. The van der Waals surface area contributed by atoms with E-state index >= 15 is 0 Å². The summed E-state index contributed by atoms with van der Waals surface area (Å²) < 4.78 is 6.09. The molecule has 2 unspecified atom stereocenters. The molecule has 1 aliphatic rings. The Balaban J connectivity index is 1.72. The lowest BCUT2D eigenvalue weighted by molar-refractivity contribution is -0.128. The minimum Gasteiger partial charge on any atom is -0.481 e. The van der Waals surface area contributed by atoms with Crippen LogP contribution in [0.3, 0.4) is 0 Å². The van der Waals surface area contributed by atoms with Gasteiger partial charge in [-0.05, 0) is 60.7 Å². The number of hydrogen-bond acceptors (Lipinski definition) is 3. The molecule has 0 bridgehead atoms. The van der Waals surface area contributed by atoms with Crippen LogP contribution < -0.4 is 10.1 Å². The molecule has 1 heterocycles. The molecule has 0 aromatic heterocycles. The van der Waals surface area contributed by atoms with Gasteiger partial charge in [0.15, 0.2) is 6.10 Å². The van der Waals surface area contributed by atoms with Crippen LogP contribution in [0.5, 0.6) is 5.75 Å². The third kappa shape index (κ3) is 4.92. The van der Waals surface area contributed by atoms with E-state index in [-0.39, 0.29) is 17.9 Å². The Hall–Kier alpha value is -3.60. The smallest absolute Gasteiger partial charge is 0.261 e. The average molecular weight is 443 g/mol. The molecule has 3 aromatic rings. The first-order valence-electron chi connectivity index (χ1n) is 11.6. The molecule has 33 heavy (non-hydrogen) atoms. The van der Waals surface area contributed by atoms with Crippen LogP contribution in [0.2, 0.25) is 0 Å². The summed E-state index contributed by atoms with van der Waals surface area (Å²) in [6.07, 6.45) is 0.790. The van der Waals surface area contributed by atoms with Crippen molar-refractivity contribution in [2.24, 2.45) is 0 Å². The average Bonchev–Trinajstić information content (AvgIpc) is 2.87. The number of carbonyl (C=O) groups excluding carboxylic acids is 2. The lowest BCUT2D eigenvalue weighted by atomic mass is 9.87. The Morgan fingerprint density at radius 2 is 1.70 bits per heavy atom. The second-order valence-corrected chi connectivity index (χ2v) is 8.20. The van der Waals surface area contributed by atoms with Gasteiger partial charge in [0.25, 0.3) is 11.8 Å². The number of nitrogens with one attached hydrogen (secondary N) is 1. The summed E-state index contributed by atoms with van der Waals surface area (Å²) in [4.78, 5) is 27.8. The molecule has 0 radical (unpaired) electrons. The topological polar surface area (TPSA) is 58.6 Å². The molecule has 0 aliphatic carbocycles. The highest BCUT2D eigenvalue weighted by Crippen LogP contribution is 2.38. The summed E-state index contributed by atoms with van der Waals surface area (Å²) >= 11 is 0. The molecule has 170 valence electrons. The highest BCUT2D eigenvalue weighted by Gasteiger charge is 2.33. The van der Waals surface area contributed by atoms with Gasteiger partial charge in [-0.2, -0.15) is 0 Å². The van der Waals surface area contributed by atoms with E-state index in [1.54, 1.807) is 0 Å². The van der Waals surface area contributed by atoms with Gasteiger partial charge in [-0.1, -0.05) is 61.5 Å². The molecular weight excluding hydrogens is 412 g/mol. The molecule has 0 fully saturated rings. The number of amides is 2. The van der Waals surface area contributed by atoms with E-state index in [4.69, 9.17) is 4.74 Å². The van der Waals surface area contributed by atoms with Gasteiger partial charge in [0.05, 0.1) is 6.04 Å². The minimum absolute atomic E-state index is 0.00943. The van der Waals surface area contributed by atoms with E-state index in [0.29, 0.717) is 30.8 Å². The van der Waals surface area contributed by atoms with E-state index in [0.717, 1.165) is 17.5 Å². The van der Waals surface area contributed by atoms with Crippen LogP contribution in [0.1, 0.15) is 53.4 Å². The largest absolute Gasteiger partial charge is 0.481 e. The molecule has 0 saturated carbocycles. The Labute approximate surface area is 195 Å². The van der Waals surface area contributed by atoms with Crippen LogP contribution in [0, 0.1) is 0 Å². The molecule has 4 rings (SSSR count). The van der Waals surface area contributed by atoms with Gasteiger partial charge in [0, 0.05) is 18.7 Å². The number of fused-ring (bicyclic) bond motifs is 1. The van der Waals surface area contributed by atoms with Crippen LogP contribution in [0.15, 0.2) is 78.9 Å². The van der Waals surface area contributed by atoms with Crippen LogP contribution in [0.4, 0.5) is 0 Å². The van der Waals surface area contributed by atoms with Crippen molar-refractivity contribution in [3.8, 4) is 5.75 Å². The van der Waals surface area contributed by atoms with Crippen LogP contribution in [-0.2, 0) is 11.2 Å². The van der Waals surface area contributed by atoms with Crippen molar-refractivity contribution in [2.45, 2.75) is 38.8 Å². The first-order valence-corrected chi connectivity index (χ1v) is 11.6. The van der Waals surface area contributed by atoms with Crippen molar-refractivity contribution in [1.29, 1.82) is 0 Å². The Morgan fingerprint density at radius 1 is 1.00 bits per heavy atom. The monoisotopic (exact) mass is 442 g/mol. The lowest BCUT2D eigenvalue weighted by Gasteiger charge is -2.38. The first kappa shape index (κ1) is 22.6. The maximum Gasteiger partial charge on any atom is 0.261 e. The molecule has 0 saturated heterocycles. The van der Waals surface area contributed by atoms with Crippen molar-refractivity contribution in [1.82, 2.24) is 10.2 Å². The number of hydrogen-bond donors (Lipinski definition) is 1. The van der Waals surface area contributed by atoms with Gasteiger partial charge in [0.1, 0.15) is 5.75 Å². The third-order valence-electron chi connectivity index (χ3n) is 6.04. The quantitative estimate of drug-likeness (QED) is 0.574. The van der Waals surface area contributed by atoms with Crippen LogP contribution in [-0.4, -0.2) is 35.9 Å². The van der Waals surface area contributed by atoms with Gasteiger partial charge in [0.2, 0.25) is 0 Å². The zero-order valence-corrected chi connectivity index (χ0v) is 19.2. The summed E-state index contributed by atoms with van der Waals surface area (Å²) in [6, 6.07) is 25.3. The molecule has 3 aromatic carbocycles. The SMILES string of the molecule is CCNC(=O)C(CC)Oc1ccc2c(c1)C(c1ccccc1)N(C(=O)c1ccccc1)CC2. The van der Waals surface area contributed by atoms with E-state index < -0.39 is 6.10 Å². The predicted octanol–water partition coefficient (Wildman–Crippen LogP) is 4.77. The Kier molecular flexibility index (Phi) is 7.08. The summed E-state index contributed by atoms with van der Waals surface area (Å²) in [5.74, 6) is 0.537. The van der Waals surface area contributed by atoms with E-state index in [1.807, 2.05) is 79.4 Å². The molecule has 2 amide bonds. The normalized spacial score (nSPS) is 15.9. The Morgan fingerprint density at radius 3 is 2.36 bits per heavy atom. The molecule has 5 nitrogen and oxygen atoms in total. The molecule has 5 heteroatoms. The highest BCUT2D eigenvalue weighted by molar-refractivity contribution is 5.95. The first-order chi connectivity index (χ1) is 16.1. The molecule has 2 atom stereocenters. The van der Waals surface area contributed by atoms with Gasteiger partial charge >= 0.3 is 0 Å². The minimum atomic E-state index is -0.552. The number of benzene rings is 3. The van der Waals surface area contributed by atoms with E-state index in [1.165, 1.54) is 5.56 Å². The van der Waals surface area contributed by atoms with E-state index in [2.05, 4.69) is 23.5 Å². The fourth-order valence-electron chi connectivity index (χ4n) is 4.40. The zero-order valence-electron chi connectivity index (χ0n) is 19.2. The zero-order chi connectivity index (χ0) is 23.2. The number of ether oxygens (including phenoxy) is 1. The molecule has 0 spiro atoms. The fraction of sp³-hybridized carbons (Fsp3) is 0.286. The van der Waals surface area contributed by atoms with Crippen molar-refractivity contribution < 1.29 is 14.3 Å². The second kappa shape index (κ2) is 10.3. The summed E-state index contributed by atoms with van der Waals surface area (Å²) in [7, 11) is 0. The van der Waals surface area contributed by atoms with Gasteiger partial charge in [-0.15, -0.1) is 0 Å². The van der Waals surface area contributed by atoms with Gasteiger partial charge < -0.3 is 15.0 Å². The standard InChI is InChI=1S/C28H30N2O3/c1-3-25(27(31)29-4-2)33-23-16-15-20-17-18-30(28(32)22-13-9-6-10-14-22)26(24(20)19-23)21-11-7-5-8-12-21/h5-16,19,25-26H,3-4,17-18H2,1-2H3,(H,29,31). The van der Waals surface area contributed by atoms with Crippen LogP contribution in [0.25, 0.3) is 0 Å². The molecular formula is C28H30N2O3. The Bertz CT molecular complexity index is 1100. The van der Waals surface area contributed by atoms with Gasteiger partial charge in [-0.25, -0.2) is 0 Å².